The van der Waals surface area contributed by atoms with Crippen LogP contribution in [0, 0.1) is 5.92 Å². The number of amides is 1. The van der Waals surface area contributed by atoms with Crippen molar-refractivity contribution in [1.29, 1.82) is 0 Å². The van der Waals surface area contributed by atoms with Gasteiger partial charge in [0.15, 0.2) is 0 Å². The molecule has 1 amide bonds. The summed E-state index contributed by atoms with van der Waals surface area (Å²) < 4.78 is 0. The number of hydrogen-bond acceptors (Lipinski definition) is 2. The van der Waals surface area contributed by atoms with E-state index in [9.17, 15) is 4.79 Å². The van der Waals surface area contributed by atoms with E-state index in [0.29, 0.717) is 6.04 Å². The number of primary amides is 1. The maximum Gasteiger partial charge on any atom is 0.222 e. The van der Waals surface area contributed by atoms with Crippen LogP contribution in [0.2, 0.25) is 0 Å². The predicted octanol–water partition coefficient (Wildman–Crippen LogP) is 0.640. The van der Waals surface area contributed by atoms with Gasteiger partial charge in [0.05, 0.1) is 5.92 Å². The third-order valence-electron chi connectivity index (χ3n) is 2.75. The maximum atomic E-state index is 11.1. The molecule has 2 atom stereocenters. The minimum absolute atomic E-state index is 0.0532. The highest BCUT2D eigenvalue weighted by Crippen LogP contribution is 2.22. The van der Waals surface area contributed by atoms with Crippen LogP contribution in [0.5, 0.6) is 0 Å². The van der Waals surface area contributed by atoms with Crippen LogP contribution in [-0.4, -0.2) is 19.0 Å². The molecule has 0 saturated heterocycles. The highest BCUT2D eigenvalue weighted by atomic mass is 16.1. The number of hydrogen-bond donors (Lipinski definition) is 2. The van der Waals surface area contributed by atoms with Crippen LogP contribution < -0.4 is 11.1 Å². The van der Waals surface area contributed by atoms with Crippen LogP contribution in [-0.2, 0) is 4.79 Å². The fraction of sp³-hybridized carbons (Fsp3) is 0.889. The third-order valence-corrected chi connectivity index (χ3v) is 2.75. The van der Waals surface area contributed by atoms with E-state index < -0.39 is 0 Å². The predicted molar refractivity (Wildman–Crippen MR) is 48.6 cm³/mol. The van der Waals surface area contributed by atoms with Crippen LogP contribution >= 0.6 is 0 Å². The van der Waals surface area contributed by atoms with Crippen molar-refractivity contribution >= 4 is 5.91 Å². The fourth-order valence-corrected chi connectivity index (χ4v) is 1.99. The average molecular weight is 170 g/mol. The fourth-order valence-electron chi connectivity index (χ4n) is 1.99. The van der Waals surface area contributed by atoms with Crippen molar-refractivity contribution in [2.45, 2.75) is 38.1 Å². The first-order chi connectivity index (χ1) is 5.75. The molecule has 1 aliphatic carbocycles. The summed E-state index contributed by atoms with van der Waals surface area (Å²) in [5.74, 6) is -0.0891. The molecule has 1 fully saturated rings. The lowest BCUT2D eigenvalue weighted by atomic mass is 9.94. The molecule has 12 heavy (non-hydrogen) atoms. The normalized spacial score (nSPS) is 31.1. The summed E-state index contributed by atoms with van der Waals surface area (Å²) >= 11 is 0. The van der Waals surface area contributed by atoms with E-state index in [1.165, 1.54) is 12.8 Å². The number of nitrogens with two attached hydrogens (primary N) is 1. The molecule has 0 aliphatic heterocycles. The second kappa shape index (κ2) is 4.45. The Morgan fingerprint density at radius 1 is 1.33 bits per heavy atom. The SMILES string of the molecule is CNC1CCCCCC1C(N)=O. The summed E-state index contributed by atoms with van der Waals surface area (Å²) in [5.41, 5.74) is 5.32. The molecule has 0 radical (unpaired) electrons. The molecular weight excluding hydrogens is 152 g/mol. The van der Waals surface area contributed by atoms with Gasteiger partial charge in [0, 0.05) is 6.04 Å². The second-order valence-electron chi connectivity index (χ2n) is 3.54. The van der Waals surface area contributed by atoms with E-state index in [1.807, 2.05) is 7.05 Å². The van der Waals surface area contributed by atoms with E-state index in [4.69, 9.17) is 5.73 Å². The van der Waals surface area contributed by atoms with Crippen molar-refractivity contribution in [3.63, 3.8) is 0 Å². The Balaban J connectivity index is 2.57. The first-order valence-electron chi connectivity index (χ1n) is 4.72. The zero-order valence-electron chi connectivity index (χ0n) is 7.68. The van der Waals surface area contributed by atoms with Gasteiger partial charge in [-0.05, 0) is 19.9 Å². The lowest BCUT2D eigenvalue weighted by Gasteiger charge is -2.21. The van der Waals surface area contributed by atoms with Crippen molar-refractivity contribution in [3.8, 4) is 0 Å². The monoisotopic (exact) mass is 170 g/mol. The Kier molecular flexibility index (Phi) is 3.53. The molecule has 1 rings (SSSR count). The van der Waals surface area contributed by atoms with Crippen LogP contribution in [0.25, 0.3) is 0 Å². The van der Waals surface area contributed by atoms with Gasteiger partial charge in [-0.3, -0.25) is 4.79 Å². The zero-order chi connectivity index (χ0) is 8.97. The molecular formula is C9H18N2O. The van der Waals surface area contributed by atoms with Crippen LogP contribution in [0.3, 0.4) is 0 Å². The Morgan fingerprint density at radius 2 is 2.00 bits per heavy atom. The van der Waals surface area contributed by atoms with E-state index in [2.05, 4.69) is 5.32 Å². The summed E-state index contributed by atoms with van der Waals surface area (Å²) in [7, 11) is 1.91. The average Bonchev–Trinajstić information content (AvgIpc) is 2.27. The molecule has 0 bridgehead atoms. The number of carbonyl (C=O) groups excluding carboxylic acids is 1. The van der Waals surface area contributed by atoms with Crippen molar-refractivity contribution < 1.29 is 4.79 Å². The first kappa shape index (κ1) is 9.52. The summed E-state index contributed by atoms with van der Waals surface area (Å²) in [6, 6.07) is 0.310. The van der Waals surface area contributed by atoms with Crippen molar-refractivity contribution in [1.82, 2.24) is 5.32 Å². The van der Waals surface area contributed by atoms with Crippen LogP contribution in [0.4, 0.5) is 0 Å². The summed E-state index contributed by atoms with van der Waals surface area (Å²) in [6.45, 7) is 0. The van der Waals surface area contributed by atoms with Crippen LogP contribution in [0.15, 0.2) is 0 Å². The highest BCUT2D eigenvalue weighted by Gasteiger charge is 2.26. The number of carbonyl (C=O) groups is 1. The molecule has 0 aromatic rings. The van der Waals surface area contributed by atoms with Gasteiger partial charge in [-0.25, -0.2) is 0 Å². The van der Waals surface area contributed by atoms with Gasteiger partial charge < -0.3 is 11.1 Å². The van der Waals surface area contributed by atoms with Crippen LogP contribution in [0.1, 0.15) is 32.1 Å². The standard InChI is InChI=1S/C9H18N2O/c1-11-8-6-4-2-3-5-7(8)9(10)12/h7-8,11H,2-6H2,1H3,(H2,10,12). The Morgan fingerprint density at radius 3 is 2.58 bits per heavy atom. The molecule has 3 nitrogen and oxygen atoms in total. The molecule has 0 heterocycles. The molecule has 2 unspecified atom stereocenters. The minimum Gasteiger partial charge on any atom is -0.369 e. The van der Waals surface area contributed by atoms with Gasteiger partial charge in [0.25, 0.3) is 0 Å². The smallest absolute Gasteiger partial charge is 0.222 e. The van der Waals surface area contributed by atoms with E-state index >= 15 is 0 Å². The lowest BCUT2D eigenvalue weighted by Crippen LogP contribution is -2.40. The van der Waals surface area contributed by atoms with Crippen molar-refractivity contribution in [3.05, 3.63) is 0 Å². The molecule has 1 aliphatic rings. The lowest BCUT2D eigenvalue weighted by molar-refractivity contribution is -0.122. The first-order valence-corrected chi connectivity index (χ1v) is 4.72. The summed E-state index contributed by atoms with van der Waals surface area (Å²) in [5, 5.41) is 3.17. The van der Waals surface area contributed by atoms with E-state index in [-0.39, 0.29) is 11.8 Å². The minimum atomic E-state index is -0.142. The van der Waals surface area contributed by atoms with Gasteiger partial charge in [0.1, 0.15) is 0 Å². The largest absolute Gasteiger partial charge is 0.369 e. The Bertz CT molecular complexity index is 159. The molecule has 3 N–H and O–H groups in total. The number of nitrogens with one attached hydrogen (secondary N) is 1. The molecule has 3 heteroatoms. The topological polar surface area (TPSA) is 55.1 Å². The van der Waals surface area contributed by atoms with Gasteiger partial charge in [-0.15, -0.1) is 0 Å². The van der Waals surface area contributed by atoms with E-state index in [1.54, 1.807) is 0 Å². The Hall–Kier alpha value is -0.570. The van der Waals surface area contributed by atoms with Gasteiger partial charge in [-0.2, -0.15) is 0 Å². The molecule has 0 spiro atoms. The third kappa shape index (κ3) is 2.21. The van der Waals surface area contributed by atoms with Crippen molar-refractivity contribution in [2.24, 2.45) is 11.7 Å². The Labute approximate surface area is 73.7 Å². The second-order valence-corrected chi connectivity index (χ2v) is 3.54. The molecule has 1 saturated carbocycles. The van der Waals surface area contributed by atoms with Gasteiger partial charge in [0.2, 0.25) is 5.91 Å². The maximum absolute atomic E-state index is 11.1. The van der Waals surface area contributed by atoms with Gasteiger partial charge in [-0.1, -0.05) is 19.3 Å². The molecule has 0 aromatic heterocycles. The quantitative estimate of drug-likeness (QED) is 0.597. The number of rotatable bonds is 2. The molecule has 70 valence electrons. The van der Waals surface area contributed by atoms with E-state index in [0.717, 1.165) is 19.3 Å². The summed E-state index contributed by atoms with van der Waals surface area (Å²) in [6.07, 6.45) is 5.65. The summed E-state index contributed by atoms with van der Waals surface area (Å²) in [4.78, 5) is 11.1. The zero-order valence-corrected chi connectivity index (χ0v) is 7.68. The molecule has 0 aromatic carbocycles. The van der Waals surface area contributed by atoms with Crippen molar-refractivity contribution in [2.75, 3.05) is 7.05 Å². The highest BCUT2D eigenvalue weighted by molar-refractivity contribution is 5.77. The van der Waals surface area contributed by atoms with Gasteiger partial charge >= 0.3 is 0 Å².